The van der Waals surface area contributed by atoms with Gasteiger partial charge in [0.05, 0.1) is 16.5 Å². The van der Waals surface area contributed by atoms with Crippen LogP contribution in [-0.4, -0.2) is 26.7 Å². The highest BCUT2D eigenvalue weighted by Gasteiger charge is 2.12. The molecule has 0 saturated carbocycles. The lowest BCUT2D eigenvalue weighted by atomic mass is 10.3. The molecule has 0 saturated heterocycles. The molecular weight excluding hydrogens is 377 g/mol. The number of hydrogen-bond acceptors (Lipinski definition) is 6. The number of amides is 1. The Morgan fingerprint density at radius 3 is 3.00 bits per heavy atom. The lowest BCUT2D eigenvalue weighted by Crippen LogP contribution is -2.14. The first-order chi connectivity index (χ1) is 11.4. The number of pyridine rings is 1. The molecule has 124 valence electrons. The van der Waals surface area contributed by atoms with Crippen molar-refractivity contribution < 1.29 is 14.3 Å². The van der Waals surface area contributed by atoms with Crippen LogP contribution in [0.1, 0.15) is 0 Å². The first-order valence-corrected chi connectivity index (χ1v) is 8.71. The number of benzene rings is 1. The third kappa shape index (κ3) is 3.69. The zero-order valence-corrected chi connectivity index (χ0v) is 14.2. The Hall–Kier alpha value is -2.10. The minimum Gasteiger partial charge on any atom is -0.506 e. The van der Waals surface area contributed by atoms with Gasteiger partial charge in [0.25, 0.3) is 5.56 Å². The van der Waals surface area contributed by atoms with Gasteiger partial charge in [0.1, 0.15) is 16.3 Å². The van der Waals surface area contributed by atoms with E-state index >= 15 is 0 Å². The minimum absolute atomic E-state index is 0.0402. The Bertz CT molecular complexity index is 989. The number of thioether (sulfide) groups is 1. The Morgan fingerprint density at radius 2 is 2.25 bits per heavy atom. The average Bonchev–Trinajstić information content (AvgIpc) is 2.91. The molecule has 0 fully saturated rings. The fourth-order valence-electron chi connectivity index (χ4n) is 1.87. The number of rotatable bonds is 4. The first-order valence-electron chi connectivity index (χ1n) is 6.53. The highest BCUT2D eigenvalue weighted by molar-refractivity contribution is 8.01. The standard InChI is InChI=1S/C14H9ClFN3O3S2/c15-7-3-6(16)1-2-8(7)17-11(22)5-23-14-19-13-12(24-14)9(20)4-10(21)18-13/h1-4H,5H2,(H,17,22)(H2,18,20,21). The van der Waals surface area contributed by atoms with Gasteiger partial charge in [0, 0.05) is 6.07 Å². The van der Waals surface area contributed by atoms with E-state index in [2.05, 4.69) is 15.3 Å². The van der Waals surface area contributed by atoms with Crippen molar-refractivity contribution in [3.8, 4) is 5.75 Å². The van der Waals surface area contributed by atoms with Crippen molar-refractivity contribution >= 4 is 56.6 Å². The zero-order valence-electron chi connectivity index (χ0n) is 11.8. The number of hydrogen-bond donors (Lipinski definition) is 3. The number of aromatic amines is 1. The Balaban J connectivity index is 1.68. The molecule has 0 spiro atoms. The molecule has 3 aromatic rings. The number of nitrogens with zero attached hydrogens (tertiary/aromatic N) is 1. The molecule has 0 atom stereocenters. The molecule has 6 nitrogen and oxygen atoms in total. The maximum Gasteiger partial charge on any atom is 0.253 e. The Morgan fingerprint density at radius 1 is 1.46 bits per heavy atom. The van der Waals surface area contributed by atoms with E-state index in [-0.39, 0.29) is 28.1 Å². The van der Waals surface area contributed by atoms with E-state index in [1.807, 2.05) is 0 Å². The summed E-state index contributed by atoms with van der Waals surface area (Å²) < 4.78 is 13.9. The first kappa shape index (κ1) is 16.7. The molecule has 3 rings (SSSR count). The van der Waals surface area contributed by atoms with E-state index in [9.17, 15) is 19.1 Å². The lowest BCUT2D eigenvalue weighted by molar-refractivity contribution is -0.113. The van der Waals surface area contributed by atoms with Gasteiger partial charge in [-0.2, -0.15) is 0 Å². The molecule has 0 aliphatic heterocycles. The van der Waals surface area contributed by atoms with Gasteiger partial charge in [-0.05, 0) is 18.2 Å². The van der Waals surface area contributed by atoms with Crippen LogP contribution in [0.15, 0.2) is 33.4 Å². The second-order valence-electron chi connectivity index (χ2n) is 4.64. The van der Waals surface area contributed by atoms with Crippen molar-refractivity contribution in [2.45, 2.75) is 4.34 Å². The average molecular weight is 386 g/mol. The van der Waals surface area contributed by atoms with Gasteiger partial charge in [-0.25, -0.2) is 9.37 Å². The number of carbonyl (C=O) groups is 1. The van der Waals surface area contributed by atoms with E-state index in [0.717, 1.165) is 35.2 Å². The Labute approximate surface area is 147 Å². The molecule has 2 heterocycles. The van der Waals surface area contributed by atoms with Crippen molar-refractivity contribution in [1.29, 1.82) is 0 Å². The van der Waals surface area contributed by atoms with E-state index < -0.39 is 11.4 Å². The number of carbonyl (C=O) groups excluding carboxylic acids is 1. The molecule has 0 bridgehead atoms. The summed E-state index contributed by atoms with van der Waals surface area (Å²) in [6.07, 6.45) is 0. The lowest BCUT2D eigenvalue weighted by Gasteiger charge is -2.06. The maximum absolute atomic E-state index is 13.0. The second kappa shape index (κ2) is 6.80. The van der Waals surface area contributed by atoms with Crippen LogP contribution >= 0.6 is 34.7 Å². The van der Waals surface area contributed by atoms with Gasteiger partial charge in [0.15, 0.2) is 9.99 Å². The van der Waals surface area contributed by atoms with Crippen LogP contribution in [-0.2, 0) is 4.79 Å². The summed E-state index contributed by atoms with van der Waals surface area (Å²) in [5.41, 5.74) is 0.134. The van der Waals surface area contributed by atoms with Crippen LogP contribution in [0.25, 0.3) is 10.3 Å². The highest BCUT2D eigenvalue weighted by atomic mass is 35.5. The van der Waals surface area contributed by atoms with Crippen molar-refractivity contribution in [1.82, 2.24) is 9.97 Å². The van der Waals surface area contributed by atoms with Gasteiger partial charge >= 0.3 is 0 Å². The summed E-state index contributed by atoms with van der Waals surface area (Å²) in [7, 11) is 0. The Kier molecular flexibility index (Phi) is 4.74. The number of nitrogens with one attached hydrogen (secondary N) is 2. The van der Waals surface area contributed by atoms with E-state index in [1.54, 1.807) is 0 Å². The maximum atomic E-state index is 13.0. The minimum atomic E-state index is -0.490. The summed E-state index contributed by atoms with van der Waals surface area (Å²) >= 11 is 8.15. The number of thiazole rings is 1. The predicted molar refractivity (Wildman–Crippen MR) is 92.7 cm³/mol. The van der Waals surface area contributed by atoms with Crippen LogP contribution in [0.2, 0.25) is 5.02 Å². The number of aromatic hydroxyl groups is 1. The van der Waals surface area contributed by atoms with E-state index in [0.29, 0.717) is 14.7 Å². The zero-order chi connectivity index (χ0) is 17.3. The molecule has 0 aliphatic rings. The molecule has 3 N–H and O–H groups in total. The second-order valence-corrected chi connectivity index (χ2v) is 7.27. The normalized spacial score (nSPS) is 10.9. The van der Waals surface area contributed by atoms with Crippen LogP contribution in [0, 0.1) is 5.82 Å². The van der Waals surface area contributed by atoms with E-state index in [4.69, 9.17) is 11.6 Å². The van der Waals surface area contributed by atoms with Crippen LogP contribution in [0.5, 0.6) is 5.75 Å². The summed E-state index contributed by atoms with van der Waals surface area (Å²) in [5, 5.41) is 12.4. The number of H-pyrrole nitrogens is 1. The fourth-order valence-corrected chi connectivity index (χ4v) is 3.90. The topological polar surface area (TPSA) is 95.1 Å². The van der Waals surface area contributed by atoms with Gasteiger partial charge in [0.2, 0.25) is 5.91 Å². The molecule has 0 aliphatic carbocycles. The molecule has 24 heavy (non-hydrogen) atoms. The third-order valence-electron chi connectivity index (χ3n) is 2.88. The molecule has 2 aromatic heterocycles. The number of fused-ring (bicyclic) bond motifs is 1. The summed E-state index contributed by atoms with van der Waals surface area (Å²) in [6, 6.07) is 4.75. The molecule has 10 heteroatoms. The summed E-state index contributed by atoms with van der Waals surface area (Å²) in [6.45, 7) is 0. The smallest absolute Gasteiger partial charge is 0.253 e. The summed E-state index contributed by atoms with van der Waals surface area (Å²) in [5.74, 6) is -0.944. The molecule has 1 aromatic carbocycles. The fraction of sp³-hybridized carbons (Fsp3) is 0.0714. The van der Waals surface area contributed by atoms with Crippen LogP contribution < -0.4 is 10.9 Å². The van der Waals surface area contributed by atoms with Gasteiger partial charge in [-0.15, -0.1) is 11.3 Å². The predicted octanol–water partition coefficient (Wildman–Crippen LogP) is 3.21. The van der Waals surface area contributed by atoms with Crippen molar-refractivity contribution in [3.63, 3.8) is 0 Å². The SMILES string of the molecule is O=C(CSc1nc2[nH]c(=O)cc(O)c2s1)Nc1ccc(F)cc1Cl. The van der Waals surface area contributed by atoms with Crippen molar-refractivity contribution in [2.24, 2.45) is 0 Å². The summed E-state index contributed by atoms with van der Waals surface area (Å²) in [4.78, 5) is 29.9. The highest BCUT2D eigenvalue weighted by Crippen LogP contribution is 2.33. The molecule has 0 unspecified atom stereocenters. The van der Waals surface area contributed by atoms with Crippen LogP contribution in [0.4, 0.5) is 10.1 Å². The third-order valence-corrected chi connectivity index (χ3v) is 5.42. The molecule has 0 radical (unpaired) electrons. The number of halogens is 2. The van der Waals surface area contributed by atoms with Gasteiger partial charge in [-0.3, -0.25) is 9.59 Å². The largest absolute Gasteiger partial charge is 0.506 e. The van der Waals surface area contributed by atoms with Gasteiger partial charge < -0.3 is 15.4 Å². The molecular formula is C14H9ClFN3O3S2. The quantitative estimate of drug-likeness (QED) is 0.599. The van der Waals surface area contributed by atoms with E-state index in [1.165, 1.54) is 12.1 Å². The van der Waals surface area contributed by atoms with Crippen LogP contribution in [0.3, 0.4) is 0 Å². The number of anilines is 1. The van der Waals surface area contributed by atoms with Crippen molar-refractivity contribution in [2.75, 3.05) is 11.1 Å². The number of aromatic nitrogens is 2. The molecule has 1 amide bonds. The van der Waals surface area contributed by atoms with Crippen molar-refractivity contribution in [3.05, 3.63) is 45.5 Å². The monoisotopic (exact) mass is 385 g/mol. The van der Waals surface area contributed by atoms with Gasteiger partial charge in [-0.1, -0.05) is 23.4 Å².